The van der Waals surface area contributed by atoms with E-state index in [0.717, 1.165) is 11.3 Å². The van der Waals surface area contributed by atoms with E-state index in [1.165, 1.54) is 12.1 Å². The molecule has 0 aromatic heterocycles. The molecule has 1 aromatic rings. The van der Waals surface area contributed by atoms with Gasteiger partial charge in [-0.3, -0.25) is 5.32 Å². The molecule has 1 unspecified atom stereocenters. The van der Waals surface area contributed by atoms with Gasteiger partial charge in [-0.05, 0) is 19.4 Å². The third-order valence-corrected chi connectivity index (χ3v) is 4.24. The Balaban J connectivity index is 2.11. The van der Waals surface area contributed by atoms with Crippen molar-refractivity contribution in [2.24, 2.45) is 0 Å². The van der Waals surface area contributed by atoms with Gasteiger partial charge >= 0.3 is 0 Å². The fourth-order valence-corrected chi connectivity index (χ4v) is 3.14. The number of alkyl halides is 2. The van der Waals surface area contributed by atoms with Crippen LogP contribution in [-0.4, -0.2) is 11.3 Å². The third kappa shape index (κ3) is 2.55. The van der Waals surface area contributed by atoms with Gasteiger partial charge in [-0.1, -0.05) is 24.3 Å². The normalized spacial score (nSPS) is 23.9. The van der Waals surface area contributed by atoms with Gasteiger partial charge < -0.3 is 0 Å². The Kier molecular flexibility index (Phi) is 3.22. The number of nitrogens with one attached hydrogen (secondary N) is 1. The highest BCUT2D eigenvalue weighted by Gasteiger charge is 2.31. The zero-order valence-electron chi connectivity index (χ0n) is 9.34. The molecular weight excluding hydrogens is 228 g/mol. The molecule has 1 atom stereocenters. The van der Waals surface area contributed by atoms with Gasteiger partial charge in [0, 0.05) is 16.9 Å². The van der Waals surface area contributed by atoms with Crippen molar-refractivity contribution in [3.8, 4) is 0 Å². The van der Waals surface area contributed by atoms with Gasteiger partial charge in [0.25, 0.3) is 6.43 Å². The highest BCUT2D eigenvalue weighted by Crippen LogP contribution is 2.37. The minimum absolute atomic E-state index is 0.0889. The van der Waals surface area contributed by atoms with Crippen molar-refractivity contribution in [2.75, 3.05) is 5.75 Å². The molecular formula is C12H15F2NS. The van der Waals surface area contributed by atoms with E-state index >= 15 is 0 Å². The standard InChI is InChI=1S/C12H15F2NS/c1-12(2)7-16-11(15-12)9-5-3-8(4-6-9)10(13)14/h3-6,10-11,15H,7H2,1-2H3. The molecule has 1 aromatic carbocycles. The summed E-state index contributed by atoms with van der Waals surface area (Å²) in [6.07, 6.45) is -2.38. The van der Waals surface area contributed by atoms with Crippen LogP contribution >= 0.6 is 11.8 Å². The summed E-state index contributed by atoms with van der Waals surface area (Å²) in [6, 6.07) is 6.59. The van der Waals surface area contributed by atoms with Crippen molar-refractivity contribution in [1.82, 2.24) is 5.32 Å². The summed E-state index contributed by atoms with van der Waals surface area (Å²) >= 11 is 1.82. The minimum Gasteiger partial charge on any atom is -0.296 e. The van der Waals surface area contributed by atoms with Crippen LogP contribution in [0.4, 0.5) is 8.78 Å². The van der Waals surface area contributed by atoms with Crippen molar-refractivity contribution < 1.29 is 8.78 Å². The molecule has 4 heteroatoms. The summed E-state index contributed by atoms with van der Waals surface area (Å²) in [7, 11) is 0. The van der Waals surface area contributed by atoms with Crippen molar-refractivity contribution in [2.45, 2.75) is 31.2 Å². The van der Waals surface area contributed by atoms with Crippen LogP contribution in [0.25, 0.3) is 0 Å². The highest BCUT2D eigenvalue weighted by molar-refractivity contribution is 7.99. The number of hydrogen-bond acceptors (Lipinski definition) is 2. The molecule has 1 aliphatic rings. The summed E-state index contributed by atoms with van der Waals surface area (Å²) in [6.45, 7) is 4.29. The predicted octanol–water partition coefficient (Wildman–Crippen LogP) is 3.74. The van der Waals surface area contributed by atoms with Gasteiger partial charge in [0.15, 0.2) is 0 Å². The van der Waals surface area contributed by atoms with Crippen molar-refractivity contribution in [1.29, 1.82) is 0 Å². The lowest BCUT2D eigenvalue weighted by atomic mass is 10.1. The van der Waals surface area contributed by atoms with Gasteiger partial charge in [0.2, 0.25) is 0 Å². The van der Waals surface area contributed by atoms with E-state index in [4.69, 9.17) is 0 Å². The van der Waals surface area contributed by atoms with E-state index in [9.17, 15) is 8.78 Å². The Hall–Kier alpha value is -0.610. The largest absolute Gasteiger partial charge is 0.296 e. The molecule has 1 aliphatic heterocycles. The maximum Gasteiger partial charge on any atom is 0.263 e. The summed E-state index contributed by atoms with van der Waals surface area (Å²) in [5.74, 6) is 1.04. The molecule has 1 fully saturated rings. The maximum atomic E-state index is 12.4. The van der Waals surface area contributed by atoms with Crippen LogP contribution in [0.2, 0.25) is 0 Å². The van der Waals surface area contributed by atoms with Gasteiger partial charge in [0.1, 0.15) is 0 Å². The second-order valence-corrected chi connectivity index (χ2v) is 5.78. The number of thioether (sulfide) groups is 1. The number of halogens is 2. The van der Waals surface area contributed by atoms with Gasteiger partial charge in [-0.2, -0.15) is 0 Å². The van der Waals surface area contributed by atoms with E-state index in [2.05, 4.69) is 19.2 Å². The van der Waals surface area contributed by atoms with Gasteiger partial charge in [-0.25, -0.2) is 8.78 Å². The molecule has 88 valence electrons. The number of rotatable bonds is 2. The van der Waals surface area contributed by atoms with Crippen LogP contribution in [0.15, 0.2) is 24.3 Å². The van der Waals surface area contributed by atoms with E-state index in [0.29, 0.717) is 0 Å². The SMILES string of the molecule is CC1(C)CSC(c2ccc(C(F)F)cc2)N1. The molecule has 0 aliphatic carbocycles. The fraction of sp³-hybridized carbons (Fsp3) is 0.500. The van der Waals surface area contributed by atoms with Crippen molar-refractivity contribution >= 4 is 11.8 Å². The fourth-order valence-electron chi connectivity index (χ4n) is 1.73. The van der Waals surface area contributed by atoms with Crippen molar-refractivity contribution in [3.63, 3.8) is 0 Å². The smallest absolute Gasteiger partial charge is 0.263 e. The molecule has 2 rings (SSSR count). The topological polar surface area (TPSA) is 12.0 Å². The summed E-state index contributed by atoms with van der Waals surface area (Å²) in [5, 5.41) is 3.69. The monoisotopic (exact) mass is 243 g/mol. The minimum atomic E-state index is -2.38. The Morgan fingerprint density at radius 1 is 1.31 bits per heavy atom. The van der Waals surface area contributed by atoms with Crippen LogP contribution in [0, 0.1) is 0 Å². The first-order valence-corrected chi connectivity index (χ1v) is 6.30. The van der Waals surface area contributed by atoms with E-state index < -0.39 is 6.43 Å². The quantitative estimate of drug-likeness (QED) is 0.849. The second-order valence-electron chi connectivity index (χ2n) is 4.69. The molecule has 16 heavy (non-hydrogen) atoms. The molecule has 0 spiro atoms. The molecule has 1 saturated heterocycles. The number of benzene rings is 1. The molecule has 1 nitrogen and oxygen atoms in total. The van der Waals surface area contributed by atoms with E-state index in [-0.39, 0.29) is 16.5 Å². The Morgan fingerprint density at radius 2 is 1.94 bits per heavy atom. The van der Waals surface area contributed by atoms with Crippen LogP contribution < -0.4 is 5.32 Å². The first-order valence-electron chi connectivity index (χ1n) is 5.25. The maximum absolute atomic E-state index is 12.4. The van der Waals surface area contributed by atoms with E-state index in [1.807, 2.05) is 11.8 Å². The molecule has 1 heterocycles. The number of hydrogen-bond donors (Lipinski definition) is 1. The average molecular weight is 243 g/mol. The lowest BCUT2D eigenvalue weighted by Gasteiger charge is -2.19. The zero-order valence-corrected chi connectivity index (χ0v) is 10.2. The van der Waals surface area contributed by atoms with Crippen LogP contribution in [0.5, 0.6) is 0 Å². The third-order valence-electron chi connectivity index (χ3n) is 2.62. The first-order chi connectivity index (χ1) is 7.48. The van der Waals surface area contributed by atoms with Gasteiger partial charge in [0.05, 0.1) is 5.37 Å². The lowest BCUT2D eigenvalue weighted by Crippen LogP contribution is -2.35. The molecule has 0 amide bonds. The van der Waals surface area contributed by atoms with Crippen LogP contribution in [0.1, 0.15) is 36.8 Å². The Morgan fingerprint density at radius 3 is 2.38 bits per heavy atom. The summed E-state index contributed by atoms with van der Waals surface area (Å²) in [4.78, 5) is 0. The van der Waals surface area contributed by atoms with E-state index in [1.54, 1.807) is 12.1 Å². The summed E-state index contributed by atoms with van der Waals surface area (Å²) < 4.78 is 24.8. The summed E-state index contributed by atoms with van der Waals surface area (Å²) in [5.41, 5.74) is 1.28. The predicted molar refractivity (Wildman–Crippen MR) is 63.8 cm³/mol. The zero-order chi connectivity index (χ0) is 11.8. The molecule has 0 radical (unpaired) electrons. The van der Waals surface area contributed by atoms with Crippen LogP contribution in [-0.2, 0) is 0 Å². The molecule has 1 N–H and O–H groups in total. The average Bonchev–Trinajstić information content (AvgIpc) is 2.59. The molecule has 0 bridgehead atoms. The van der Waals surface area contributed by atoms with Gasteiger partial charge in [-0.15, -0.1) is 11.8 Å². The second kappa shape index (κ2) is 4.34. The molecule has 0 saturated carbocycles. The highest BCUT2D eigenvalue weighted by atomic mass is 32.2. The Labute approximate surface area is 98.6 Å². The van der Waals surface area contributed by atoms with Crippen molar-refractivity contribution in [3.05, 3.63) is 35.4 Å². The Bertz CT molecular complexity index is 362. The first kappa shape index (κ1) is 11.9. The lowest BCUT2D eigenvalue weighted by molar-refractivity contribution is 0.151. The van der Waals surface area contributed by atoms with Crippen LogP contribution in [0.3, 0.4) is 0 Å².